The quantitative estimate of drug-likeness (QED) is 0.0160. The number of unbranched alkanes of at least 4 members (excludes halogenated alkanes) is 3. The number of aryl methyl sites for hydroxylation is 4. The first-order valence-electron chi connectivity index (χ1n) is 43.3. The molecule has 2 aromatic heterocycles. The van der Waals surface area contributed by atoms with Crippen molar-refractivity contribution in [1.29, 1.82) is 0 Å². The number of aliphatic hydroxyl groups excluding tert-OH is 11. The summed E-state index contributed by atoms with van der Waals surface area (Å²) in [5.41, 5.74) is 11.9. The van der Waals surface area contributed by atoms with E-state index >= 15 is 0 Å². The molecular formula is C94H143N7O20. The van der Waals surface area contributed by atoms with Crippen molar-refractivity contribution in [3.8, 4) is 17.5 Å². The maximum Gasteiger partial charge on any atom is 0.238 e. The van der Waals surface area contributed by atoms with Crippen molar-refractivity contribution in [1.82, 2.24) is 35.5 Å². The molecule has 0 radical (unpaired) electrons. The van der Waals surface area contributed by atoms with Gasteiger partial charge in [-0.15, -0.1) is 10.2 Å². The summed E-state index contributed by atoms with van der Waals surface area (Å²) >= 11 is 0. The predicted molar refractivity (Wildman–Crippen MR) is 463 cm³/mol. The zero-order chi connectivity index (χ0) is 87.9. The van der Waals surface area contributed by atoms with Crippen LogP contribution in [-0.4, -0.2) is 250 Å². The smallest absolute Gasteiger partial charge is 0.238 e. The number of likely N-dealkylation sites (N-methyl/N-ethyl adjacent to an activating group) is 1. The lowest BCUT2D eigenvalue weighted by Gasteiger charge is -2.39. The van der Waals surface area contributed by atoms with Gasteiger partial charge in [-0.3, -0.25) is 29.4 Å². The van der Waals surface area contributed by atoms with E-state index in [1.165, 1.54) is 41.5 Å². The second kappa shape index (κ2) is 47.5. The molecule has 6 aromatic rings. The number of nitrogens with one attached hydrogen (secondary N) is 3. The van der Waals surface area contributed by atoms with Crippen molar-refractivity contribution in [3.05, 3.63) is 158 Å². The Morgan fingerprint density at radius 3 is 1.56 bits per heavy atom. The molecule has 10 rings (SSSR count). The standard InChI is InChI=1S/C34H50N2O5.C33H49N3O8.C26H40N2O7.CH4/c1-22-10-15-26(29-18-23(2)30(38)32(40)31(29)39)20-27(22)19-25-13-11-24(12-14-25)8-7-9-28(37)21-34(3,4)33(41)35-16-17-36(5)6;1-20(2)26-24(30(35-34-26)44-31-29(41)28(40)27(39)25(19-37)43-31)17-22-13-11-21(12-14-22)9-8-10-23(38)18-33(3,4)32(42)36-15-6-5-7-16-36;1-5-6-7-8-11-33-18-10-9-17(16(4)12-18)13-19-21(15(2)3)27-28-25(19)35-26-24(32)23(31)22(30)20(14-29)34-26;/h10-15,20,23,29-32,38-40H,7-9,16-19,21H2,1-6H3,(H,35,41);11-14,20,25,27-29,31,37,39-41H,5-10,15-19H2,1-4H3,(H,34,35);9-10,12,15,20,22-24,26,29-32H,5-8,11,13-14H2,1-4H3,(H,27,28);1H4/t23-,29-,30+,31-,32-;25-,27-,28+,29-,31+;20-,22-,23+,24-,26+;/m011./s1. The number of ether oxygens (including phenoxy) is 5. The number of H-pyrrole nitrogens is 2. The predicted octanol–water partition coefficient (Wildman–Crippen LogP) is 9.61. The van der Waals surface area contributed by atoms with E-state index in [-0.39, 0.29) is 79.1 Å². The highest BCUT2D eigenvalue weighted by Crippen LogP contribution is 2.40. The minimum Gasteiger partial charge on any atom is -0.494 e. The van der Waals surface area contributed by atoms with Crippen LogP contribution in [0.15, 0.2) is 84.9 Å². The van der Waals surface area contributed by atoms with Crippen molar-refractivity contribution in [2.24, 2.45) is 16.7 Å². The Hall–Kier alpha value is -7.58. The Labute approximate surface area is 716 Å². The van der Waals surface area contributed by atoms with E-state index in [2.05, 4.69) is 76.0 Å². The molecule has 0 bridgehead atoms. The summed E-state index contributed by atoms with van der Waals surface area (Å²) < 4.78 is 28.7. The van der Waals surface area contributed by atoms with Gasteiger partial charge in [0.15, 0.2) is 0 Å². The van der Waals surface area contributed by atoms with Crippen molar-refractivity contribution in [2.45, 2.75) is 310 Å². The third-order valence-electron chi connectivity index (χ3n) is 23.7. The molecule has 4 fully saturated rings. The van der Waals surface area contributed by atoms with Gasteiger partial charge in [0.2, 0.25) is 36.2 Å². The van der Waals surface area contributed by atoms with Gasteiger partial charge in [-0.1, -0.05) is 169 Å². The largest absolute Gasteiger partial charge is 0.494 e. The summed E-state index contributed by atoms with van der Waals surface area (Å²) in [6.45, 7) is 26.3. The zero-order valence-corrected chi connectivity index (χ0v) is 73.2. The van der Waals surface area contributed by atoms with Crippen LogP contribution in [0.4, 0.5) is 0 Å². The number of aromatic nitrogens is 4. The molecule has 14 N–H and O–H groups in total. The zero-order valence-electron chi connectivity index (χ0n) is 73.2. The van der Waals surface area contributed by atoms with Crippen molar-refractivity contribution >= 4 is 23.4 Å². The average molecular weight is 1690 g/mol. The lowest BCUT2D eigenvalue weighted by molar-refractivity contribution is -0.278. The second-order valence-electron chi connectivity index (χ2n) is 35.7. The Kier molecular flexibility index (Phi) is 39.5. The molecule has 1 saturated carbocycles. The van der Waals surface area contributed by atoms with Crippen LogP contribution in [0.3, 0.4) is 0 Å². The van der Waals surface area contributed by atoms with Crippen LogP contribution >= 0.6 is 0 Å². The van der Waals surface area contributed by atoms with Gasteiger partial charge < -0.3 is 95.0 Å². The molecule has 0 spiro atoms. The van der Waals surface area contributed by atoms with Crippen LogP contribution in [0, 0.1) is 30.6 Å². The van der Waals surface area contributed by atoms with Gasteiger partial charge >= 0.3 is 0 Å². The van der Waals surface area contributed by atoms with E-state index in [1.54, 1.807) is 0 Å². The van der Waals surface area contributed by atoms with Crippen LogP contribution < -0.4 is 19.5 Å². The van der Waals surface area contributed by atoms with Crippen molar-refractivity contribution in [3.63, 3.8) is 0 Å². The van der Waals surface area contributed by atoms with E-state index in [0.717, 1.165) is 127 Å². The number of carbonyl (C=O) groups excluding carboxylic acids is 4. The van der Waals surface area contributed by atoms with E-state index in [0.29, 0.717) is 51.7 Å². The van der Waals surface area contributed by atoms with Gasteiger partial charge in [0.05, 0.1) is 42.9 Å². The highest BCUT2D eigenvalue weighted by molar-refractivity contribution is 5.90. The first-order chi connectivity index (χ1) is 56.9. The number of rotatable bonds is 38. The number of carbonyl (C=O) groups is 4. The number of aromatic amines is 2. The number of hydrogen-bond donors (Lipinski definition) is 14. The molecule has 27 nitrogen and oxygen atoms in total. The molecular weight excluding hydrogens is 1550 g/mol. The maximum absolute atomic E-state index is 13.0. The molecule has 2 amide bonds. The first-order valence-corrected chi connectivity index (χ1v) is 43.3. The maximum atomic E-state index is 13.0. The van der Waals surface area contributed by atoms with Gasteiger partial charge in [-0.25, -0.2) is 0 Å². The SMILES string of the molecule is C.CC(C)c1[nH]nc(O[C@@H]2O[C@H](CO)[C@@H](O)[C@H](O)[C@H]2O)c1Cc1ccc(CCCC(=O)CC(C)(C)C(=O)N2CCCCC2)cc1.CCCCCCOc1ccc(Cc2c(O[C@@H]3O[C@H](CO)[C@@H](O)[C@H](O)[C@H]3O)n[nH]c2C(C)C)c(C)c1.Cc1ccc([C@@H]2C[C@H](C)[C@@H](O)[C@H](O)[C@H]2O)cc1Cc1ccc(CCCC(=O)CC(C)(C)C(=O)NCCN(C)C)cc1. The summed E-state index contributed by atoms with van der Waals surface area (Å²) in [5.74, 6) is 1.47. The van der Waals surface area contributed by atoms with Crippen molar-refractivity contribution in [2.75, 3.05) is 60.1 Å². The Morgan fingerprint density at radius 2 is 1.07 bits per heavy atom. The van der Waals surface area contributed by atoms with Gasteiger partial charge in [0.25, 0.3) is 0 Å². The Balaban J connectivity index is 0.000000251. The third-order valence-corrected chi connectivity index (χ3v) is 23.7. The fraction of sp³-hybridized carbons (Fsp3) is 0.638. The summed E-state index contributed by atoms with van der Waals surface area (Å²) in [6.07, 6.45) is -2.15. The third kappa shape index (κ3) is 28.5. The van der Waals surface area contributed by atoms with Crippen molar-refractivity contribution < 1.29 is 99.0 Å². The van der Waals surface area contributed by atoms with E-state index in [1.807, 2.05) is 142 Å². The van der Waals surface area contributed by atoms with Gasteiger partial charge in [0, 0.05) is 93.1 Å². The summed E-state index contributed by atoms with van der Waals surface area (Å²) in [7, 11) is 3.92. The van der Waals surface area contributed by atoms with Crippen LogP contribution in [0.5, 0.6) is 17.5 Å². The molecule has 1 aliphatic carbocycles. The minimum absolute atomic E-state index is 0. The number of benzene rings is 4. The number of hydrogen-bond acceptors (Lipinski definition) is 23. The molecule has 674 valence electrons. The fourth-order valence-corrected chi connectivity index (χ4v) is 16.1. The number of likely N-dealkylation sites (tertiary alicyclic amines) is 1. The first kappa shape index (κ1) is 101. The van der Waals surface area contributed by atoms with Gasteiger partial charge in [-0.05, 0) is 172 Å². The van der Waals surface area contributed by atoms with Crippen LogP contribution in [-0.2, 0) is 60.8 Å². The molecule has 27 heteroatoms. The summed E-state index contributed by atoms with van der Waals surface area (Å²) in [6, 6.07) is 28.9. The second-order valence-corrected chi connectivity index (χ2v) is 35.7. The molecule has 0 unspecified atom stereocenters. The average Bonchev–Trinajstić information content (AvgIpc) is 1.66. The fourth-order valence-electron chi connectivity index (χ4n) is 16.1. The highest BCUT2D eigenvalue weighted by atomic mass is 16.7. The van der Waals surface area contributed by atoms with E-state index < -0.39 is 104 Å². The van der Waals surface area contributed by atoms with Gasteiger partial charge in [-0.2, -0.15) is 0 Å². The molecule has 3 aliphatic heterocycles. The van der Waals surface area contributed by atoms with Gasteiger partial charge in [0.1, 0.15) is 72.3 Å². The summed E-state index contributed by atoms with van der Waals surface area (Å²) in [5, 5.41) is 129. The Bertz CT molecular complexity index is 4160. The lowest BCUT2D eigenvalue weighted by atomic mass is 9.73. The number of amides is 2. The van der Waals surface area contributed by atoms with Crippen LogP contribution in [0.25, 0.3) is 0 Å². The number of piperidine rings is 1. The topological polar surface area (TPSA) is 413 Å². The molecule has 3 saturated heterocycles. The summed E-state index contributed by atoms with van der Waals surface area (Å²) in [4.78, 5) is 54.7. The molecule has 4 aromatic carbocycles. The normalized spacial score (nSPS) is 23.8. The lowest BCUT2D eigenvalue weighted by Crippen LogP contribution is -2.60. The van der Waals surface area contributed by atoms with Crippen LogP contribution in [0.2, 0.25) is 0 Å². The minimum atomic E-state index is -1.55. The molecule has 15 atom stereocenters. The van der Waals surface area contributed by atoms with Crippen LogP contribution in [0.1, 0.15) is 257 Å². The number of Topliss-reactive ketones (excluding diaryl/α,β-unsaturated/α-hetero) is 2. The number of nitrogens with zero attached hydrogens (tertiary/aromatic N) is 4. The Morgan fingerprint density at radius 1 is 0.570 bits per heavy atom. The molecule has 4 aliphatic rings. The van der Waals surface area contributed by atoms with E-state index in [4.69, 9.17) is 23.7 Å². The monoisotopic (exact) mass is 1690 g/mol. The molecule has 5 heterocycles. The highest BCUT2D eigenvalue weighted by Gasteiger charge is 2.48. The number of ketones is 2. The number of aliphatic hydroxyl groups is 11. The van der Waals surface area contributed by atoms with E-state index in [9.17, 15) is 75.3 Å². The molecule has 121 heavy (non-hydrogen) atoms.